The monoisotopic (exact) mass is 667 g/mol. The van der Waals surface area contributed by atoms with Crippen molar-refractivity contribution in [2.45, 2.75) is 161 Å². The Morgan fingerprint density at radius 3 is 1.42 bits per heavy atom. The molecule has 0 heterocycles. The molecule has 0 rings (SSSR count). The Hall–Kier alpha value is -2.92. The summed E-state index contributed by atoms with van der Waals surface area (Å²) in [6, 6.07) is 0. The van der Waals surface area contributed by atoms with Crippen molar-refractivity contribution in [2.75, 3.05) is 13.2 Å². The van der Waals surface area contributed by atoms with Gasteiger partial charge in [0, 0.05) is 12.8 Å². The fourth-order valence-corrected chi connectivity index (χ4v) is 4.78. The van der Waals surface area contributed by atoms with Crippen LogP contribution < -0.4 is 0 Å². The zero-order valence-electron chi connectivity index (χ0n) is 30.7. The topological polar surface area (TPSA) is 72.8 Å². The largest absolute Gasteiger partial charge is 0.462 e. The van der Waals surface area contributed by atoms with Gasteiger partial charge in [-0.15, -0.1) is 0 Å². The number of aliphatic hydroxyl groups excluding tert-OH is 1. The number of aliphatic hydroxyl groups is 1. The molecule has 0 bridgehead atoms. The fourth-order valence-electron chi connectivity index (χ4n) is 4.78. The second kappa shape index (κ2) is 38.5. The van der Waals surface area contributed by atoms with Crippen LogP contribution >= 0.6 is 0 Å². The summed E-state index contributed by atoms with van der Waals surface area (Å²) < 4.78 is 10.5. The highest BCUT2D eigenvalue weighted by atomic mass is 16.6. The van der Waals surface area contributed by atoms with Crippen molar-refractivity contribution < 1.29 is 24.2 Å². The van der Waals surface area contributed by atoms with Gasteiger partial charge in [0.2, 0.25) is 0 Å². The molecule has 0 radical (unpaired) electrons. The number of hydrogen-bond acceptors (Lipinski definition) is 5. The Balaban J connectivity index is 3.72. The van der Waals surface area contributed by atoms with Gasteiger partial charge in [0.05, 0.1) is 6.61 Å². The van der Waals surface area contributed by atoms with Crippen molar-refractivity contribution in [2.24, 2.45) is 0 Å². The van der Waals surface area contributed by atoms with Gasteiger partial charge in [-0.2, -0.15) is 0 Å². The van der Waals surface area contributed by atoms with E-state index >= 15 is 0 Å². The summed E-state index contributed by atoms with van der Waals surface area (Å²) in [6.45, 7) is 3.94. The minimum absolute atomic E-state index is 0.0929. The van der Waals surface area contributed by atoms with Gasteiger partial charge in [-0.1, -0.05) is 137 Å². The van der Waals surface area contributed by atoms with Crippen molar-refractivity contribution in [3.8, 4) is 0 Å². The highest BCUT2D eigenvalue weighted by Crippen LogP contribution is 2.10. The Morgan fingerprint density at radius 2 is 0.896 bits per heavy atom. The van der Waals surface area contributed by atoms with Crippen LogP contribution in [0.1, 0.15) is 155 Å². The summed E-state index contributed by atoms with van der Waals surface area (Å²) in [5.74, 6) is -0.661. The SMILES string of the molecule is CC/C=C\C/C=C\C/C=C\C/C=C\C/C=C\C/C=C\CCCCC(=O)OC(CO)COC(=O)CCCCCCC/C=C\CCCCCC. The quantitative estimate of drug-likeness (QED) is 0.0429. The number of carbonyl (C=O) groups excluding carboxylic acids is 2. The van der Waals surface area contributed by atoms with Gasteiger partial charge in [-0.25, -0.2) is 0 Å². The first kappa shape index (κ1) is 45.1. The van der Waals surface area contributed by atoms with E-state index in [0.29, 0.717) is 12.8 Å². The molecule has 48 heavy (non-hydrogen) atoms. The van der Waals surface area contributed by atoms with Crippen LogP contribution in [0.4, 0.5) is 0 Å². The van der Waals surface area contributed by atoms with E-state index in [2.05, 4.69) is 98.9 Å². The molecule has 0 aliphatic heterocycles. The minimum atomic E-state index is -0.801. The first-order valence-electron chi connectivity index (χ1n) is 19.1. The zero-order chi connectivity index (χ0) is 35.0. The van der Waals surface area contributed by atoms with Crippen LogP contribution in [0.25, 0.3) is 0 Å². The third-order valence-electron chi connectivity index (χ3n) is 7.67. The van der Waals surface area contributed by atoms with Crippen LogP contribution in [0, 0.1) is 0 Å². The lowest BCUT2D eigenvalue weighted by atomic mass is 10.1. The Labute approximate surface area is 295 Å². The molecular formula is C43H70O5. The third-order valence-corrected chi connectivity index (χ3v) is 7.67. The molecule has 0 aromatic rings. The van der Waals surface area contributed by atoms with E-state index < -0.39 is 6.10 Å². The van der Waals surface area contributed by atoms with E-state index in [9.17, 15) is 14.7 Å². The van der Waals surface area contributed by atoms with E-state index in [4.69, 9.17) is 9.47 Å². The van der Waals surface area contributed by atoms with Crippen molar-refractivity contribution in [3.63, 3.8) is 0 Å². The van der Waals surface area contributed by atoms with E-state index in [1.165, 1.54) is 44.9 Å². The van der Waals surface area contributed by atoms with Gasteiger partial charge < -0.3 is 14.6 Å². The predicted molar refractivity (Wildman–Crippen MR) is 205 cm³/mol. The molecule has 0 aliphatic carbocycles. The van der Waals surface area contributed by atoms with E-state index in [0.717, 1.165) is 83.5 Å². The summed E-state index contributed by atoms with van der Waals surface area (Å²) in [4.78, 5) is 24.2. The number of rotatable bonds is 33. The summed E-state index contributed by atoms with van der Waals surface area (Å²) in [5, 5.41) is 9.54. The van der Waals surface area contributed by atoms with E-state index in [1.807, 2.05) is 0 Å². The summed E-state index contributed by atoms with van der Waals surface area (Å²) in [6.07, 6.45) is 52.1. The van der Waals surface area contributed by atoms with E-state index in [-0.39, 0.29) is 25.2 Å². The van der Waals surface area contributed by atoms with Gasteiger partial charge in [0.1, 0.15) is 6.61 Å². The molecular weight excluding hydrogens is 596 g/mol. The smallest absolute Gasteiger partial charge is 0.306 e. The second-order valence-corrected chi connectivity index (χ2v) is 12.3. The molecule has 0 aromatic carbocycles. The molecule has 0 saturated heterocycles. The third kappa shape index (κ3) is 35.9. The Bertz CT molecular complexity index is 937. The van der Waals surface area contributed by atoms with Crippen molar-refractivity contribution in [1.29, 1.82) is 0 Å². The van der Waals surface area contributed by atoms with Crippen LogP contribution in [0.2, 0.25) is 0 Å². The molecule has 0 fully saturated rings. The minimum Gasteiger partial charge on any atom is -0.462 e. The van der Waals surface area contributed by atoms with Gasteiger partial charge in [0.25, 0.3) is 0 Å². The zero-order valence-corrected chi connectivity index (χ0v) is 30.7. The van der Waals surface area contributed by atoms with Crippen molar-refractivity contribution in [1.82, 2.24) is 0 Å². The highest BCUT2D eigenvalue weighted by molar-refractivity contribution is 5.70. The lowest BCUT2D eigenvalue weighted by molar-refractivity contribution is -0.161. The van der Waals surface area contributed by atoms with Crippen molar-refractivity contribution >= 4 is 11.9 Å². The second-order valence-electron chi connectivity index (χ2n) is 12.3. The molecule has 1 N–H and O–H groups in total. The fraction of sp³-hybridized carbons (Fsp3) is 0.628. The number of allylic oxidation sites excluding steroid dienone is 14. The maximum atomic E-state index is 12.1. The standard InChI is InChI=1S/C43H70O5/c1-3-5-7-9-11-13-15-17-18-19-20-21-22-23-24-26-28-30-32-34-36-38-43(46)48-41(39-44)40-47-42(45)37-35-33-31-29-27-25-16-14-12-10-8-6-4-2/h5,7,11,13-14,16-18,20-21,23-24,28,30,41,44H,3-4,6,8-10,12,15,19,22,25-27,29,31-40H2,1-2H3/b7-5-,13-11-,16-14-,18-17-,21-20-,24-23-,30-28-. The van der Waals surface area contributed by atoms with Crippen LogP contribution in [-0.4, -0.2) is 36.4 Å². The maximum absolute atomic E-state index is 12.1. The number of esters is 2. The van der Waals surface area contributed by atoms with Gasteiger partial charge >= 0.3 is 11.9 Å². The summed E-state index contributed by atoms with van der Waals surface area (Å²) in [7, 11) is 0. The van der Waals surface area contributed by atoms with Crippen LogP contribution in [0.15, 0.2) is 85.1 Å². The van der Waals surface area contributed by atoms with Crippen LogP contribution in [0.3, 0.4) is 0 Å². The highest BCUT2D eigenvalue weighted by Gasteiger charge is 2.16. The lowest BCUT2D eigenvalue weighted by Gasteiger charge is -2.15. The van der Waals surface area contributed by atoms with Gasteiger partial charge in [-0.05, 0) is 89.9 Å². The first-order chi connectivity index (χ1) is 23.6. The molecule has 272 valence electrons. The molecule has 0 saturated carbocycles. The molecule has 0 aliphatic rings. The van der Waals surface area contributed by atoms with E-state index in [1.54, 1.807) is 0 Å². The predicted octanol–water partition coefficient (Wildman–Crippen LogP) is 11.9. The number of unbranched alkanes of at least 4 members (excludes halogenated alkanes) is 11. The molecule has 1 atom stereocenters. The maximum Gasteiger partial charge on any atom is 0.306 e. The Morgan fingerprint density at radius 1 is 0.500 bits per heavy atom. The number of carbonyl (C=O) groups is 2. The summed E-state index contributed by atoms with van der Waals surface area (Å²) in [5.41, 5.74) is 0. The number of ether oxygens (including phenoxy) is 2. The average molecular weight is 667 g/mol. The van der Waals surface area contributed by atoms with Crippen LogP contribution in [0.5, 0.6) is 0 Å². The molecule has 0 amide bonds. The molecule has 0 aromatic heterocycles. The lowest BCUT2D eigenvalue weighted by Crippen LogP contribution is -2.28. The molecule has 0 spiro atoms. The normalized spacial score (nSPS) is 13.1. The molecule has 5 heteroatoms. The Kier molecular flexibility index (Phi) is 36.2. The molecule has 5 nitrogen and oxygen atoms in total. The average Bonchev–Trinajstić information content (AvgIpc) is 3.09. The number of hydrogen-bond donors (Lipinski definition) is 1. The summed E-state index contributed by atoms with van der Waals surface area (Å²) >= 11 is 0. The van der Waals surface area contributed by atoms with Gasteiger partial charge in [-0.3, -0.25) is 9.59 Å². The molecule has 1 unspecified atom stereocenters. The first-order valence-corrected chi connectivity index (χ1v) is 19.1. The van der Waals surface area contributed by atoms with Gasteiger partial charge in [0.15, 0.2) is 6.10 Å². The van der Waals surface area contributed by atoms with Crippen LogP contribution in [-0.2, 0) is 19.1 Å². The van der Waals surface area contributed by atoms with Crippen molar-refractivity contribution in [3.05, 3.63) is 85.1 Å².